The standard InChI is InChI=1S/C17H20ClNO3/c1-20-15-9-8-13(16(18)17(15)21-2)12-19-10-11-22-14-6-4-3-5-7-14/h3-9,19H,10-12H2,1-2H3. The molecule has 0 radical (unpaired) electrons. The van der Waals surface area contributed by atoms with E-state index in [0.717, 1.165) is 17.9 Å². The average molecular weight is 322 g/mol. The maximum Gasteiger partial charge on any atom is 0.179 e. The molecule has 0 aliphatic carbocycles. The fourth-order valence-corrected chi connectivity index (χ4v) is 2.35. The largest absolute Gasteiger partial charge is 0.493 e. The highest BCUT2D eigenvalue weighted by atomic mass is 35.5. The smallest absolute Gasteiger partial charge is 0.179 e. The molecule has 1 N–H and O–H groups in total. The number of ether oxygens (including phenoxy) is 3. The van der Waals surface area contributed by atoms with Crippen molar-refractivity contribution in [1.82, 2.24) is 5.32 Å². The van der Waals surface area contributed by atoms with Crippen molar-refractivity contribution < 1.29 is 14.2 Å². The molecule has 0 amide bonds. The van der Waals surface area contributed by atoms with E-state index in [4.69, 9.17) is 25.8 Å². The van der Waals surface area contributed by atoms with Crippen molar-refractivity contribution >= 4 is 11.6 Å². The summed E-state index contributed by atoms with van der Waals surface area (Å²) in [5.74, 6) is 2.06. The van der Waals surface area contributed by atoms with Crippen LogP contribution in [0.15, 0.2) is 42.5 Å². The molecule has 0 aliphatic rings. The van der Waals surface area contributed by atoms with Gasteiger partial charge in [-0.1, -0.05) is 35.9 Å². The van der Waals surface area contributed by atoms with Gasteiger partial charge in [-0.25, -0.2) is 0 Å². The molecule has 0 unspecified atom stereocenters. The SMILES string of the molecule is COc1ccc(CNCCOc2ccccc2)c(Cl)c1OC. The summed E-state index contributed by atoms with van der Waals surface area (Å²) in [7, 11) is 3.17. The Morgan fingerprint density at radius 1 is 1.00 bits per heavy atom. The zero-order valence-electron chi connectivity index (χ0n) is 12.8. The van der Waals surface area contributed by atoms with E-state index in [1.807, 2.05) is 42.5 Å². The highest BCUT2D eigenvalue weighted by Gasteiger charge is 2.12. The van der Waals surface area contributed by atoms with Crippen molar-refractivity contribution in [2.24, 2.45) is 0 Å². The van der Waals surface area contributed by atoms with Crippen LogP contribution in [0.25, 0.3) is 0 Å². The third-order valence-electron chi connectivity index (χ3n) is 3.17. The molecule has 0 aliphatic heterocycles. The van der Waals surface area contributed by atoms with Gasteiger partial charge >= 0.3 is 0 Å². The third kappa shape index (κ3) is 4.29. The van der Waals surface area contributed by atoms with Crippen LogP contribution >= 0.6 is 11.6 Å². The number of benzene rings is 2. The first kappa shape index (κ1) is 16.5. The quantitative estimate of drug-likeness (QED) is 0.755. The number of nitrogens with one attached hydrogen (secondary N) is 1. The Morgan fingerprint density at radius 3 is 2.45 bits per heavy atom. The molecule has 22 heavy (non-hydrogen) atoms. The molecule has 0 fully saturated rings. The molecule has 0 saturated carbocycles. The molecular formula is C17H20ClNO3. The van der Waals surface area contributed by atoms with Crippen LogP contribution in [0.1, 0.15) is 5.56 Å². The molecule has 2 aromatic rings. The Balaban J connectivity index is 1.82. The van der Waals surface area contributed by atoms with Crippen LogP contribution in [0.5, 0.6) is 17.2 Å². The molecule has 2 aromatic carbocycles. The molecule has 0 spiro atoms. The Kier molecular flexibility index (Phi) is 6.37. The molecule has 2 rings (SSSR count). The molecule has 0 atom stereocenters. The predicted molar refractivity (Wildman–Crippen MR) is 88.2 cm³/mol. The highest BCUT2D eigenvalue weighted by Crippen LogP contribution is 2.37. The maximum atomic E-state index is 6.33. The fourth-order valence-electron chi connectivity index (χ4n) is 2.05. The third-order valence-corrected chi connectivity index (χ3v) is 3.59. The Labute approximate surface area is 136 Å². The number of halogens is 1. The minimum atomic E-state index is 0.559. The summed E-state index contributed by atoms with van der Waals surface area (Å²) in [5.41, 5.74) is 0.957. The maximum absolute atomic E-state index is 6.33. The second-order valence-electron chi connectivity index (χ2n) is 4.61. The molecule has 0 aromatic heterocycles. The van der Waals surface area contributed by atoms with E-state index in [0.29, 0.717) is 29.7 Å². The van der Waals surface area contributed by atoms with Gasteiger partial charge in [0.05, 0.1) is 19.2 Å². The van der Waals surface area contributed by atoms with E-state index in [9.17, 15) is 0 Å². The fraction of sp³-hybridized carbons (Fsp3) is 0.294. The molecular weight excluding hydrogens is 302 g/mol. The second kappa shape index (κ2) is 8.51. The van der Waals surface area contributed by atoms with Gasteiger partial charge in [0.2, 0.25) is 0 Å². The first-order valence-corrected chi connectivity index (χ1v) is 7.42. The molecule has 4 nitrogen and oxygen atoms in total. The topological polar surface area (TPSA) is 39.7 Å². The lowest BCUT2D eigenvalue weighted by molar-refractivity contribution is 0.313. The van der Waals surface area contributed by atoms with Crippen LogP contribution in [0.4, 0.5) is 0 Å². The predicted octanol–water partition coefficient (Wildman–Crippen LogP) is 3.53. The molecule has 0 heterocycles. The summed E-state index contributed by atoms with van der Waals surface area (Å²) in [6, 6.07) is 13.5. The number of methoxy groups -OCH3 is 2. The van der Waals surface area contributed by atoms with Gasteiger partial charge in [-0.2, -0.15) is 0 Å². The van der Waals surface area contributed by atoms with Crippen molar-refractivity contribution in [3.8, 4) is 17.2 Å². The molecule has 0 bridgehead atoms. The average Bonchev–Trinajstić information content (AvgIpc) is 2.56. The van der Waals surface area contributed by atoms with Gasteiger partial charge in [-0.05, 0) is 23.8 Å². The summed E-state index contributed by atoms with van der Waals surface area (Å²) in [6.07, 6.45) is 0. The molecule has 118 valence electrons. The van der Waals surface area contributed by atoms with Crippen molar-refractivity contribution in [2.75, 3.05) is 27.4 Å². The molecule has 5 heteroatoms. The van der Waals surface area contributed by atoms with Crippen molar-refractivity contribution in [3.63, 3.8) is 0 Å². The van der Waals surface area contributed by atoms with Crippen LogP contribution < -0.4 is 19.5 Å². The van der Waals surface area contributed by atoms with Gasteiger partial charge in [0.15, 0.2) is 11.5 Å². The Morgan fingerprint density at radius 2 is 1.77 bits per heavy atom. The summed E-state index contributed by atoms with van der Waals surface area (Å²) in [5, 5.41) is 3.86. The van der Waals surface area contributed by atoms with Gasteiger partial charge in [0.1, 0.15) is 12.4 Å². The van der Waals surface area contributed by atoms with E-state index < -0.39 is 0 Å². The number of para-hydroxylation sites is 1. The van der Waals surface area contributed by atoms with Gasteiger partial charge in [-0.3, -0.25) is 0 Å². The minimum Gasteiger partial charge on any atom is -0.493 e. The molecule has 0 saturated heterocycles. The zero-order valence-corrected chi connectivity index (χ0v) is 13.5. The van der Waals surface area contributed by atoms with E-state index in [2.05, 4.69) is 5.32 Å². The Bertz CT molecular complexity index is 590. The number of hydrogen-bond acceptors (Lipinski definition) is 4. The summed E-state index contributed by atoms with van der Waals surface area (Å²) in [4.78, 5) is 0. The van der Waals surface area contributed by atoms with Crippen molar-refractivity contribution in [2.45, 2.75) is 6.54 Å². The lowest BCUT2D eigenvalue weighted by atomic mass is 10.2. The van der Waals surface area contributed by atoms with Gasteiger partial charge in [0, 0.05) is 13.1 Å². The van der Waals surface area contributed by atoms with E-state index in [1.165, 1.54) is 0 Å². The van der Waals surface area contributed by atoms with E-state index in [1.54, 1.807) is 14.2 Å². The summed E-state index contributed by atoms with van der Waals surface area (Å²) >= 11 is 6.33. The van der Waals surface area contributed by atoms with Crippen molar-refractivity contribution in [3.05, 3.63) is 53.1 Å². The van der Waals surface area contributed by atoms with Crippen LogP contribution in [-0.4, -0.2) is 27.4 Å². The first-order chi connectivity index (χ1) is 10.8. The lowest BCUT2D eigenvalue weighted by Crippen LogP contribution is -2.20. The van der Waals surface area contributed by atoms with Gasteiger partial charge in [-0.15, -0.1) is 0 Å². The van der Waals surface area contributed by atoms with Crippen LogP contribution in [0.3, 0.4) is 0 Å². The summed E-state index contributed by atoms with van der Waals surface area (Å²) in [6.45, 7) is 1.95. The first-order valence-electron chi connectivity index (χ1n) is 7.04. The van der Waals surface area contributed by atoms with Crippen LogP contribution in [0, 0.1) is 0 Å². The van der Waals surface area contributed by atoms with Crippen molar-refractivity contribution in [1.29, 1.82) is 0 Å². The Hall–Kier alpha value is -1.91. The zero-order chi connectivity index (χ0) is 15.8. The normalized spacial score (nSPS) is 10.3. The van der Waals surface area contributed by atoms with Gasteiger partial charge in [0.25, 0.3) is 0 Å². The summed E-state index contributed by atoms with van der Waals surface area (Å²) < 4.78 is 16.1. The van der Waals surface area contributed by atoms with Crippen LogP contribution in [0.2, 0.25) is 5.02 Å². The second-order valence-corrected chi connectivity index (χ2v) is 4.99. The number of rotatable bonds is 8. The van der Waals surface area contributed by atoms with E-state index in [-0.39, 0.29) is 0 Å². The van der Waals surface area contributed by atoms with Gasteiger partial charge < -0.3 is 19.5 Å². The lowest BCUT2D eigenvalue weighted by Gasteiger charge is -2.13. The van der Waals surface area contributed by atoms with E-state index >= 15 is 0 Å². The highest BCUT2D eigenvalue weighted by molar-refractivity contribution is 6.33. The number of hydrogen-bond donors (Lipinski definition) is 1. The monoisotopic (exact) mass is 321 g/mol. The van der Waals surface area contributed by atoms with Crippen LogP contribution in [-0.2, 0) is 6.54 Å². The minimum absolute atomic E-state index is 0.559.